The Hall–Kier alpha value is -2.16. The van der Waals surface area contributed by atoms with E-state index in [1.807, 2.05) is 23.5 Å². The Morgan fingerprint density at radius 1 is 1.08 bits per heavy atom. The first kappa shape index (κ1) is 16.0. The largest absolute Gasteiger partial charge is 0.255 e. The fourth-order valence-corrected chi connectivity index (χ4v) is 3.76. The molecule has 5 rings (SSSR count). The van der Waals surface area contributed by atoms with E-state index in [4.69, 9.17) is 4.98 Å². The Bertz CT molecular complexity index is 1200. The summed E-state index contributed by atoms with van der Waals surface area (Å²) in [5.41, 5.74) is 4.38. The van der Waals surface area contributed by atoms with Gasteiger partial charge in [-0.3, -0.25) is 4.40 Å². The topological polar surface area (TPSA) is 56.0 Å². The highest BCUT2D eigenvalue weighted by Gasteiger charge is 2.40. The average molecular weight is 459 g/mol. The van der Waals surface area contributed by atoms with Crippen LogP contribution in [-0.4, -0.2) is 24.6 Å². The molecule has 0 saturated heterocycles. The average Bonchev–Trinajstić information content (AvgIpc) is 3.21. The molecule has 0 radical (unpaired) electrons. The molecule has 0 aliphatic heterocycles. The summed E-state index contributed by atoms with van der Waals surface area (Å²) in [6.45, 7) is 4.10. The Balaban J connectivity index is 1.89. The molecule has 0 spiro atoms. The van der Waals surface area contributed by atoms with Crippen LogP contribution in [0.15, 0.2) is 30.3 Å². The van der Waals surface area contributed by atoms with Crippen LogP contribution in [0.4, 0.5) is 4.39 Å². The molecule has 1 aliphatic rings. The zero-order valence-corrected chi connectivity index (χ0v) is 16.5. The van der Waals surface area contributed by atoms with Crippen molar-refractivity contribution in [2.75, 3.05) is 0 Å². The lowest BCUT2D eigenvalue weighted by molar-refractivity contribution is 0.629. The molecule has 0 amide bonds. The molecule has 0 N–H and O–H groups in total. The van der Waals surface area contributed by atoms with E-state index >= 15 is 0 Å². The lowest BCUT2D eigenvalue weighted by Gasteiger charge is -2.11. The SMILES string of the molecule is Cc1nc2ccc(C3(C)CC3)nc2n2c(-c3cc(I)ccc3F)nnc12. The number of benzene rings is 1. The van der Waals surface area contributed by atoms with Crippen molar-refractivity contribution in [3.05, 3.63) is 51.1 Å². The van der Waals surface area contributed by atoms with Gasteiger partial charge in [0.15, 0.2) is 17.1 Å². The van der Waals surface area contributed by atoms with Crippen molar-refractivity contribution in [3.63, 3.8) is 0 Å². The monoisotopic (exact) mass is 459 g/mol. The lowest BCUT2D eigenvalue weighted by atomic mass is 10.1. The number of hydrogen-bond donors (Lipinski definition) is 0. The fourth-order valence-electron chi connectivity index (χ4n) is 3.27. The highest BCUT2D eigenvalue weighted by molar-refractivity contribution is 14.1. The van der Waals surface area contributed by atoms with Crippen LogP contribution in [0.5, 0.6) is 0 Å². The third-order valence-corrected chi connectivity index (χ3v) is 5.80. The summed E-state index contributed by atoms with van der Waals surface area (Å²) < 4.78 is 17.3. The van der Waals surface area contributed by atoms with E-state index in [9.17, 15) is 4.39 Å². The number of pyridine rings is 1. The normalized spacial score (nSPS) is 15.7. The molecule has 1 aliphatic carbocycles. The number of aryl methyl sites for hydroxylation is 1. The molecular weight excluding hydrogens is 444 g/mol. The summed E-state index contributed by atoms with van der Waals surface area (Å²) in [6.07, 6.45) is 2.27. The van der Waals surface area contributed by atoms with Crippen LogP contribution in [0, 0.1) is 16.3 Å². The van der Waals surface area contributed by atoms with Crippen LogP contribution < -0.4 is 0 Å². The summed E-state index contributed by atoms with van der Waals surface area (Å²) in [4.78, 5) is 9.50. The predicted octanol–water partition coefficient (Wildman–Crippen LogP) is 4.44. The number of aromatic nitrogens is 5. The molecule has 7 heteroatoms. The van der Waals surface area contributed by atoms with Crippen LogP contribution in [0.1, 0.15) is 31.2 Å². The van der Waals surface area contributed by atoms with Gasteiger partial charge < -0.3 is 0 Å². The number of rotatable bonds is 2. The van der Waals surface area contributed by atoms with Gasteiger partial charge in [0.25, 0.3) is 0 Å². The minimum absolute atomic E-state index is 0.132. The predicted molar refractivity (Wildman–Crippen MR) is 106 cm³/mol. The van der Waals surface area contributed by atoms with Crippen molar-refractivity contribution >= 4 is 39.4 Å². The summed E-state index contributed by atoms with van der Waals surface area (Å²) in [5, 5.41) is 8.54. The second kappa shape index (κ2) is 5.42. The Morgan fingerprint density at radius 3 is 2.65 bits per heavy atom. The minimum Gasteiger partial charge on any atom is -0.255 e. The maximum Gasteiger partial charge on any atom is 0.184 e. The van der Waals surface area contributed by atoms with E-state index in [-0.39, 0.29) is 11.2 Å². The molecule has 130 valence electrons. The fraction of sp³-hybridized carbons (Fsp3) is 0.263. The molecular formula is C19H15FIN5. The first-order valence-electron chi connectivity index (χ1n) is 8.45. The molecule has 0 bridgehead atoms. The lowest BCUT2D eigenvalue weighted by Crippen LogP contribution is -2.07. The van der Waals surface area contributed by atoms with Crippen molar-refractivity contribution in [3.8, 4) is 11.4 Å². The molecule has 4 aromatic rings. The third kappa shape index (κ3) is 2.33. The van der Waals surface area contributed by atoms with Gasteiger partial charge in [0.2, 0.25) is 0 Å². The van der Waals surface area contributed by atoms with E-state index in [1.165, 1.54) is 6.07 Å². The summed E-state index contributed by atoms with van der Waals surface area (Å²) in [6, 6.07) is 9.00. The molecule has 3 aromatic heterocycles. The van der Waals surface area contributed by atoms with Crippen LogP contribution >= 0.6 is 22.6 Å². The maximum absolute atomic E-state index is 14.5. The van der Waals surface area contributed by atoms with E-state index in [2.05, 4.69) is 44.7 Å². The zero-order valence-electron chi connectivity index (χ0n) is 14.3. The van der Waals surface area contributed by atoms with Crippen LogP contribution in [0.2, 0.25) is 0 Å². The molecule has 0 atom stereocenters. The standard InChI is InChI=1S/C19H15FIN5/c1-10-16-24-25-17(12-9-11(21)3-4-13(12)20)26(16)18-14(22-10)5-6-15(23-18)19(2)7-8-19/h3-6,9H,7-8H2,1-2H3. The first-order chi connectivity index (χ1) is 12.5. The van der Waals surface area contributed by atoms with Gasteiger partial charge >= 0.3 is 0 Å². The van der Waals surface area contributed by atoms with E-state index in [1.54, 1.807) is 12.1 Å². The van der Waals surface area contributed by atoms with Gasteiger partial charge in [-0.25, -0.2) is 14.4 Å². The summed E-state index contributed by atoms with van der Waals surface area (Å²) in [5.74, 6) is 0.129. The quantitative estimate of drug-likeness (QED) is 0.416. The molecule has 3 heterocycles. The van der Waals surface area contributed by atoms with Crippen LogP contribution in [0.3, 0.4) is 0 Å². The van der Waals surface area contributed by atoms with Gasteiger partial charge in [-0.2, -0.15) is 0 Å². The number of halogens is 2. The van der Waals surface area contributed by atoms with Gasteiger partial charge in [0, 0.05) is 14.7 Å². The van der Waals surface area contributed by atoms with Crippen LogP contribution in [-0.2, 0) is 5.41 Å². The zero-order chi connectivity index (χ0) is 18.1. The molecule has 1 aromatic carbocycles. The number of hydrogen-bond acceptors (Lipinski definition) is 4. The maximum atomic E-state index is 14.5. The second-order valence-corrected chi connectivity index (χ2v) is 8.35. The summed E-state index contributed by atoms with van der Waals surface area (Å²) in [7, 11) is 0. The van der Waals surface area contributed by atoms with E-state index < -0.39 is 0 Å². The third-order valence-electron chi connectivity index (χ3n) is 5.13. The highest BCUT2D eigenvalue weighted by atomic mass is 127. The number of nitrogens with zero attached hydrogens (tertiary/aromatic N) is 5. The molecule has 26 heavy (non-hydrogen) atoms. The summed E-state index contributed by atoms with van der Waals surface area (Å²) >= 11 is 2.17. The van der Waals surface area contributed by atoms with Crippen LogP contribution in [0.25, 0.3) is 28.2 Å². The van der Waals surface area contributed by atoms with Crippen molar-refractivity contribution in [2.45, 2.75) is 32.1 Å². The van der Waals surface area contributed by atoms with Crippen molar-refractivity contribution in [2.24, 2.45) is 0 Å². The molecule has 5 nitrogen and oxygen atoms in total. The van der Waals surface area contributed by atoms with Crippen molar-refractivity contribution < 1.29 is 4.39 Å². The van der Waals surface area contributed by atoms with E-state index in [0.29, 0.717) is 22.7 Å². The first-order valence-corrected chi connectivity index (χ1v) is 9.52. The van der Waals surface area contributed by atoms with Gasteiger partial charge in [0.05, 0.1) is 11.3 Å². The number of fused-ring (bicyclic) bond motifs is 3. The molecule has 0 unspecified atom stereocenters. The van der Waals surface area contributed by atoms with Gasteiger partial charge in [0.1, 0.15) is 11.3 Å². The Kier molecular flexibility index (Phi) is 3.34. The molecule has 1 saturated carbocycles. The van der Waals surface area contributed by atoms with Crippen molar-refractivity contribution in [1.82, 2.24) is 24.6 Å². The van der Waals surface area contributed by atoms with Gasteiger partial charge in [-0.1, -0.05) is 6.92 Å². The highest BCUT2D eigenvalue weighted by Crippen LogP contribution is 2.47. The smallest absolute Gasteiger partial charge is 0.184 e. The Morgan fingerprint density at radius 2 is 1.88 bits per heavy atom. The van der Waals surface area contributed by atoms with Crippen molar-refractivity contribution in [1.29, 1.82) is 0 Å². The molecule has 1 fully saturated rings. The van der Waals surface area contributed by atoms with Gasteiger partial charge in [-0.15, -0.1) is 10.2 Å². The second-order valence-electron chi connectivity index (χ2n) is 7.10. The Labute approximate surface area is 162 Å². The minimum atomic E-state index is -0.326. The van der Waals surface area contributed by atoms with Gasteiger partial charge in [-0.05, 0) is 72.7 Å². The van der Waals surface area contributed by atoms with E-state index in [0.717, 1.165) is 33.3 Å².